The number of benzene rings is 1. The number of fused-ring (bicyclic) bond motifs is 2. The molecule has 136 valence electrons. The molecule has 0 radical (unpaired) electrons. The maximum Gasteiger partial charge on any atom is 0.241 e. The Morgan fingerprint density at radius 1 is 1.12 bits per heavy atom. The largest absolute Gasteiger partial charge is 0.332 e. The van der Waals surface area contributed by atoms with Crippen molar-refractivity contribution in [3.63, 3.8) is 0 Å². The van der Waals surface area contributed by atoms with E-state index in [-0.39, 0.29) is 11.9 Å². The quantitative estimate of drug-likeness (QED) is 0.690. The normalized spacial score (nSPS) is 27.8. The van der Waals surface area contributed by atoms with E-state index in [1.807, 2.05) is 35.2 Å². The Kier molecular flexibility index (Phi) is 3.96. The van der Waals surface area contributed by atoms with E-state index in [0.29, 0.717) is 25.0 Å². The Balaban J connectivity index is 1.33. The Hall–Kier alpha value is -2.29. The minimum absolute atomic E-state index is 0.157. The molecule has 1 amide bonds. The number of hydrogen-bond donors (Lipinski definition) is 3. The molecule has 3 aliphatic heterocycles. The lowest BCUT2D eigenvalue weighted by Crippen LogP contribution is -2.52. The van der Waals surface area contributed by atoms with Crippen molar-refractivity contribution in [1.82, 2.24) is 35.8 Å². The van der Waals surface area contributed by atoms with Crippen LogP contribution in [0.5, 0.6) is 0 Å². The summed E-state index contributed by atoms with van der Waals surface area (Å²) in [6.07, 6.45) is 1.05. The molecule has 8 nitrogen and oxygen atoms in total. The van der Waals surface area contributed by atoms with E-state index in [9.17, 15) is 4.79 Å². The van der Waals surface area contributed by atoms with Crippen LogP contribution in [-0.2, 0) is 17.9 Å². The molecule has 26 heavy (non-hydrogen) atoms. The molecule has 0 bridgehead atoms. The van der Waals surface area contributed by atoms with Gasteiger partial charge in [0.25, 0.3) is 0 Å². The Labute approximate surface area is 151 Å². The van der Waals surface area contributed by atoms with Gasteiger partial charge in [-0.2, -0.15) is 0 Å². The topological polar surface area (TPSA) is 87.1 Å². The molecule has 2 aromatic rings. The molecule has 1 aromatic carbocycles. The number of aromatic nitrogens is 3. The number of hydrazine groups is 1. The van der Waals surface area contributed by atoms with Crippen molar-refractivity contribution in [3.05, 3.63) is 36.2 Å². The van der Waals surface area contributed by atoms with Crippen LogP contribution >= 0.6 is 0 Å². The minimum Gasteiger partial charge on any atom is -0.332 e. The lowest BCUT2D eigenvalue weighted by atomic mass is 9.89. The van der Waals surface area contributed by atoms with Gasteiger partial charge in [0.15, 0.2) is 11.6 Å². The van der Waals surface area contributed by atoms with Gasteiger partial charge < -0.3 is 14.8 Å². The van der Waals surface area contributed by atoms with E-state index in [1.165, 1.54) is 0 Å². The highest BCUT2D eigenvalue weighted by molar-refractivity contribution is 5.82. The lowest BCUT2D eigenvalue weighted by Gasteiger charge is -2.33. The molecule has 0 saturated carbocycles. The van der Waals surface area contributed by atoms with Gasteiger partial charge in [0.2, 0.25) is 5.91 Å². The second-order valence-electron chi connectivity index (χ2n) is 7.25. The zero-order valence-corrected chi connectivity index (χ0v) is 14.6. The summed E-state index contributed by atoms with van der Waals surface area (Å²) >= 11 is 0. The second kappa shape index (κ2) is 6.46. The van der Waals surface area contributed by atoms with Gasteiger partial charge in [-0.1, -0.05) is 30.3 Å². The molecule has 3 atom stereocenters. The van der Waals surface area contributed by atoms with Crippen LogP contribution in [0.4, 0.5) is 0 Å². The van der Waals surface area contributed by atoms with Gasteiger partial charge in [0, 0.05) is 37.2 Å². The Morgan fingerprint density at radius 2 is 2.00 bits per heavy atom. The highest BCUT2D eigenvalue weighted by Crippen LogP contribution is 2.25. The van der Waals surface area contributed by atoms with Crippen LogP contribution in [-0.4, -0.2) is 57.3 Å². The van der Waals surface area contributed by atoms with Crippen LogP contribution in [0.1, 0.15) is 12.2 Å². The van der Waals surface area contributed by atoms with Crippen LogP contribution < -0.4 is 16.2 Å². The molecule has 0 aliphatic carbocycles. The number of rotatable bonds is 2. The third kappa shape index (κ3) is 2.61. The van der Waals surface area contributed by atoms with Gasteiger partial charge in [-0.25, -0.2) is 5.43 Å². The summed E-state index contributed by atoms with van der Waals surface area (Å²) in [5, 5.41) is 12.1. The Morgan fingerprint density at radius 3 is 2.88 bits per heavy atom. The fourth-order valence-electron chi connectivity index (χ4n) is 4.30. The van der Waals surface area contributed by atoms with E-state index >= 15 is 0 Å². The fraction of sp³-hybridized carbons (Fsp3) is 0.500. The SMILES string of the molecule is O=C(C1NNC2CCNCC21)N1CCn2c(nnc2-c2ccccc2)C1. The van der Waals surface area contributed by atoms with Gasteiger partial charge in [0.05, 0.1) is 6.54 Å². The van der Waals surface area contributed by atoms with Crippen LogP contribution in [0.25, 0.3) is 11.4 Å². The van der Waals surface area contributed by atoms with Gasteiger partial charge in [0.1, 0.15) is 6.04 Å². The number of piperidine rings is 1. The highest BCUT2D eigenvalue weighted by atomic mass is 16.2. The van der Waals surface area contributed by atoms with Crippen molar-refractivity contribution in [2.75, 3.05) is 19.6 Å². The van der Waals surface area contributed by atoms with Crippen molar-refractivity contribution in [3.8, 4) is 11.4 Å². The van der Waals surface area contributed by atoms with E-state index in [4.69, 9.17) is 0 Å². The second-order valence-corrected chi connectivity index (χ2v) is 7.25. The van der Waals surface area contributed by atoms with Crippen LogP contribution in [0.2, 0.25) is 0 Å². The van der Waals surface area contributed by atoms with E-state index in [0.717, 1.165) is 43.3 Å². The predicted molar refractivity (Wildman–Crippen MR) is 95.7 cm³/mol. The van der Waals surface area contributed by atoms with E-state index in [2.05, 4.69) is 30.9 Å². The van der Waals surface area contributed by atoms with E-state index in [1.54, 1.807) is 0 Å². The summed E-state index contributed by atoms with van der Waals surface area (Å²) in [7, 11) is 0. The number of carbonyl (C=O) groups is 1. The zero-order chi connectivity index (χ0) is 17.5. The molecular formula is C18H23N7O. The summed E-state index contributed by atoms with van der Waals surface area (Å²) < 4.78 is 2.13. The van der Waals surface area contributed by atoms with Gasteiger partial charge in [-0.05, 0) is 13.0 Å². The van der Waals surface area contributed by atoms with Gasteiger partial charge >= 0.3 is 0 Å². The third-order valence-electron chi connectivity index (χ3n) is 5.74. The maximum atomic E-state index is 13.1. The first-order valence-corrected chi connectivity index (χ1v) is 9.29. The summed E-state index contributed by atoms with van der Waals surface area (Å²) in [4.78, 5) is 15.0. The third-order valence-corrected chi connectivity index (χ3v) is 5.74. The number of carbonyl (C=O) groups excluding carboxylic acids is 1. The first-order chi connectivity index (χ1) is 12.8. The number of hydrogen-bond acceptors (Lipinski definition) is 6. The first kappa shape index (κ1) is 15.9. The first-order valence-electron chi connectivity index (χ1n) is 9.29. The molecule has 2 fully saturated rings. The standard InChI is InChI=1S/C18H23N7O/c26-18(16-13-10-19-7-6-14(13)20-22-16)24-8-9-25-15(11-24)21-23-17(25)12-4-2-1-3-5-12/h1-5,13-14,16,19-20,22H,6-11H2. The van der Waals surface area contributed by atoms with Crippen molar-refractivity contribution in [2.24, 2.45) is 5.92 Å². The zero-order valence-electron chi connectivity index (χ0n) is 14.6. The predicted octanol–water partition coefficient (Wildman–Crippen LogP) is -0.258. The number of nitrogens with zero attached hydrogens (tertiary/aromatic N) is 4. The fourth-order valence-corrected chi connectivity index (χ4v) is 4.30. The summed E-state index contributed by atoms with van der Waals surface area (Å²) in [6, 6.07) is 10.3. The molecule has 3 N–H and O–H groups in total. The molecule has 2 saturated heterocycles. The van der Waals surface area contributed by atoms with Gasteiger partial charge in [-0.3, -0.25) is 10.2 Å². The van der Waals surface area contributed by atoms with Crippen LogP contribution in [0.15, 0.2) is 30.3 Å². The summed E-state index contributed by atoms with van der Waals surface area (Å²) in [6.45, 7) is 3.81. The molecular weight excluding hydrogens is 330 g/mol. The van der Waals surface area contributed by atoms with E-state index < -0.39 is 0 Å². The van der Waals surface area contributed by atoms with Gasteiger partial charge in [-0.15, -0.1) is 10.2 Å². The monoisotopic (exact) mass is 353 g/mol. The van der Waals surface area contributed by atoms with Crippen LogP contribution in [0, 0.1) is 5.92 Å². The van der Waals surface area contributed by atoms with Crippen molar-refractivity contribution in [1.29, 1.82) is 0 Å². The van der Waals surface area contributed by atoms with Crippen molar-refractivity contribution in [2.45, 2.75) is 31.6 Å². The molecule has 8 heteroatoms. The molecule has 0 spiro atoms. The average molecular weight is 353 g/mol. The summed E-state index contributed by atoms with van der Waals surface area (Å²) in [5.74, 6) is 2.19. The minimum atomic E-state index is -0.170. The Bertz CT molecular complexity index is 805. The average Bonchev–Trinajstić information content (AvgIpc) is 3.32. The molecule has 3 aliphatic rings. The maximum absolute atomic E-state index is 13.1. The van der Waals surface area contributed by atoms with Crippen molar-refractivity contribution < 1.29 is 4.79 Å². The van der Waals surface area contributed by atoms with Crippen molar-refractivity contribution >= 4 is 5.91 Å². The molecule has 5 rings (SSSR count). The smallest absolute Gasteiger partial charge is 0.241 e. The molecule has 1 aromatic heterocycles. The number of amides is 1. The molecule has 3 unspecified atom stereocenters. The lowest BCUT2D eigenvalue weighted by molar-refractivity contribution is -0.135. The van der Waals surface area contributed by atoms with Crippen LogP contribution in [0.3, 0.4) is 0 Å². The number of nitrogens with one attached hydrogen (secondary N) is 3. The summed E-state index contributed by atoms with van der Waals surface area (Å²) in [5.41, 5.74) is 7.59. The molecule has 4 heterocycles. The highest BCUT2D eigenvalue weighted by Gasteiger charge is 2.43.